The van der Waals surface area contributed by atoms with E-state index in [9.17, 15) is 10.1 Å². The molecule has 16 heavy (non-hydrogen) atoms. The molecule has 0 saturated heterocycles. The van der Waals surface area contributed by atoms with Gasteiger partial charge in [-0.25, -0.2) is 0 Å². The van der Waals surface area contributed by atoms with Crippen LogP contribution in [0.15, 0.2) is 35.4 Å². The number of nitrogens with zero attached hydrogens (tertiary/aromatic N) is 1. The fraction of sp³-hybridized carbons (Fsp3) is 0.167. The average molecular weight is 235 g/mol. The Balaban J connectivity index is 2.80. The lowest BCUT2D eigenvalue weighted by Crippen LogP contribution is -1.91. The molecule has 1 rings (SSSR count). The molecule has 0 radical (unpaired) electrons. The van der Waals surface area contributed by atoms with E-state index in [1.54, 1.807) is 17.4 Å². The first-order valence-electron chi connectivity index (χ1n) is 4.84. The Labute approximate surface area is 98.6 Å². The van der Waals surface area contributed by atoms with Crippen LogP contribution in [-0.2, 0) is 0 Å². The minimum Gasteiger partial charge on any atom is -0.259 e. The molecule has 1 heterocycles. The summed E-state index contributed by atoms with van der Waals surface area (Å²) in [5.74, 6) is 0. The minimum absolute atomic E-state index is 0.138. The molecule has 0 amide bonds. The van der Waals surface area contributed by atoms with E-state index in [2.05, 4.69) is 0 Å². The molecule has 0 aromatic carbocycles. The fourth-order valence-electron chi connectivity index (χ4n) is 1.11. The maximum atomic E-state index is 10.4. The lowest BCUT2D eigenvalue weighted by Gasteiger charge is -1.89. The van der Waals surface area contributed by atoms with E-state index in [4.69, 9.17) is 0 Å². The van der Waals surface area contributed by atoms with Gasteiger partial charge in [-0.3, -0.25) is 10.1 Å². The van der Waals surface area contributed by atoms with Crippen molar-refractivity contribution in [2.24, 2.45) is 0 Å². The second-order valence-electron chi connectivity index (χ2n) is 3.16. The molecule has 0 saturated carbocycles. The van der Waals surface area contributed by atoms with E-state index in [0.29, 0.717) is 0 Å². The zero-order valence-corrected chi connectivity index (χ0v) is 10.0. The first kappa shape index (κ1) is 12.4. The summed E-state index contributed by atoms with van der Waals surface area (Å²) in [5, 5.41) is 12.4. The second kappa shape index (κ2) is 6.02. The third-order valence-electron chi connectivity index (χ3n) is 1.95. The lowest BCUT2D eigenvalue weighted by molar-refractivity contribution is -0.424. The van der Waals surface area contributed by atoms with E-state index in [1.807, 2.05) is 36.6 Å². The van der Waals surface area contributed by atoms with Crippen molar-refractivity contribution in [2.45, 2.75) is 13.8 Å². The maximum absolute atomic E-state index is 10.4. The molecule has 0 spiro atoms. The molecule has 0 N–H and O–H groups in total. The SMILES string of the molecule is C/C=C\c1sccc1/C=C\C=C(/C)[N+](=O)[O-]. The van der Waals surface area contributed by atoms with Crippen molar-refractivity contribution < 1.29 is 4.92 Å². The van der Waals surface area contributed by atoms with Gasteiger partial charge >= 0.3 is 0 Å². The second-order valence-corrected chi connectivity index (χ2v) is 4.11. The van der Waals surface area contributed by atoms with E-state index in [0.717, 1.165) is 10.4 Å². The van der Waals surface area contributed by atoms with Gasteiger partial charge in [-0.1, -0.05) is 18.2 Å². The van der Waals surface area contributed by atoms with E-state index < -0.39 is 4.92 Å². The van der Waals surface area contributed by atoms with Gasteiger partial charge in [0.1, 0.15) is 0 Å². The quantitative estimate of drug-likeness (QED) is 0.450. The van der Waals surface area contributed by atoms with Crippen molar-refractivity contribution in [1.82, 2.24) is 0 Å². The summed E-state index contributed by atoms with van der Waals surface area (Å²) in [7, 11) is 0. The first-order chi connectivity index (χ1) is 7.65. The monoisotopic (exact) mass is 235 g/mol. The molecule has 0 aliphatic carbocycles. The molecule has 0 fully saturated rings. The van der Waals surface area contributed by atoms with E-state index in [-0.39, 0.29) is 5.70 Å². The van der Waals surface area contributed by atoms with E-state index >= 15 is 0 Å². The van der Waals surface area contributed by atoms with Crippen LogP contribution < -0.4 is 0 Å². The van der Waals surface area contributed by atoms with Crippen molar-refractivity contribution in [1.29, 1.82) is 0 Å². The summed E-state index contributed by atoms with van der Waals surface area (Å²) in [6.07, 6.45) is 9.07. The summed E-state index contributed by atoms with van der Waals surface area (Å²) in [6.45, 7) is 3.44. The van der Waals surface area contributed by atoms with Gasteiger partial charge in [-0.15, -0.1) is 11.3 Å². The average Bonchev–Trinajstić information content (AvgIpc) is 2.66. The van der Waals surface area contributed by atoms with Crippen LogP contribution in [0, 0.1) is 10.1 Å². The number of hydrogen-bond donors (Lipinski definition) is 0. The Hall–Kier alpha value is -1.68. The maximum Gasteiger partial charge on any atom is 0.243 e. The molecular weight excluding hydrogens is 222 g/mol. The van der Waals surface area contributed by atoms with Crippen LogP contribution in [0.25, 0.3) is 12.2 Å². The fourth-order valence-corrected chi connectivity index (χ4v) is 1.96. The topological polar surface area (TPSA) is 43.1 Å². The highest BCUT2D eigenvalue weighted by Gasteiger charge is 1.99. The van der Waals surface area contributed by atoms with Crippen molar-refractivity contribution >= 4 is 23.5 Å². The number of thiophene rings is 1. The molecule has 0 bridgehead atoms. The predicted octanol–water partition coefficient (Wildman–Crippen LogP) is 3.97. The molecular formula is C12H13NO2S. The largest absolute Gasteiger partial charge is 0.259 e. The summed E-state index contributed by atoms with van der Waals surface area (Å²) in [4.78, 5) is 11.1. The van der Waals surface area contributed by atoms with Crippen molar-refractivity contribution in [3.63, 3.8) is 0 Å². The van der Waals surface area contributed by atoms with Crippen LogP contribution in [0.2, 0.25) is 0 Å². The molecule has 0 atom stereocenters. The molecule has 0 aliphatic rings. The molecule has 3 nitrogen and oxygen atoms in total. The predicted molar refractivity (Wildman–Crippen MR) is 68.8 cm³/mol. The Kier molecular flexibility index (Phi) is 4.66. The number of rotatable bonds is 4. The zero-order valence-electron chi connectivity index (χ0n) is 9.21. The van der Waals surface area contributed by atoms with Crippen LogP contribution in [-0.4, -0.2) is 4.92 Å². The molecule has 4 heteroatoms. The highest BCUT2D eigenvalue weighted by Crippen LogP contribution is 2.19. The van der Waals surface area contributed by atoms with Crippen LogP contribution >= 0.6 is 11.3 Å². The lowest BCUT2D eigenvalue weighted by atomic mass is 10.2. The van der Waals surface area contributed by atoms with Gasteiger partial charge in [-0.2, -0.15) is 0 Å². The minimum atomic E-state index is -0.398. The third-order valence-corrected chi connectivity index (χ3v) is 2.84. The standard InChI is InChI=1S/C12H13NO2S/c1-3-5-12-11(8-9-16-12)7-4-6-10(2)13(14)15/h3-9H,1-2H3/b5-3-,7-4-,10-6+. The molecule has 0 unspecified atom stereocenters. The van der Waals surface area contributed by atoms with Crippen LogP contribution in [0.1, 0.15) is 24.3 Å². The summed E-state index contributed by atoms with van der Waals surface area (Å²) in [5.41, 5.74) is 1.22. The van der Waals surface area contributed by atoms with Crippen molar-refractivity contribution in [2.75, 3.05) is 0 Å². The summed E-state index contributed by atoms with van der Waals surface area (Å²) in [6, 6.07) is 1.99. The third kappa shape index (κ3) is 3.47. The zero-order chi connectivity index (χ0) is 12.0. The first-order valence-corrected chi connectivity index (χ1v) is 5.72. The summed E-state index contributed by atoms with van der Waals surface area (Å²) >= 11 is 1.65. The normalized spacial score (nSPS) is 12.8. The Morgan fingerprint density at radius 2 is 2.25 bits per heavy atom. The number of hydrogen-bond acceptors (Lipinski definition) is 3. The van der Waals surface area contributed by atoms with Gasteiger partial charge in [0.15, 0.2) is 0 Å². The van der Waals surface area contributed by atoms with Crippen molar-refractivity contribution in [3.05, 3.63) is 55.9 Å². The van der Waals surface area contributed by atoms with Crippen LogP contribution in [0.3, 0.4) is 0 Å². The van der Waals surface area contributed by atoms with E-state index in [1.165, 1.54) is 13.0 Å². The van der Waals surface area contributed by atoms with Crippen LogP contribution in [0.4, 0.5) is 0 Å². The molecule has 0 aliphatic heterocycles. The number of allylic oxidation sites excluding steroid dienone is 4. The Morgan fingerprint density at radius 1 is 1.50 bits per heavy atom. The van der Waals surface area contributed by atoms with Crippen LogP contribution in [0.5, 0.6) is 0 Å². The van der Waals surface area contributed by atoms with Gasteiger partial charge in [0.2, 0.25) is 5.70 Å². The Morgan fingerprint density at radius 3 is 2.88 bits per heavy atom. The summed E-state index contributed by atoms with van der Waals surface area (Å²) < 4.78 is 0. The van der Waals surface area contributed by atoms with Crippen molar-refractivity contribution in [3.8, 4) is 0 Å². The van der Waals surface area contributed by atoms with Gasteiger partial charge in [-0.05, 0) is 30.0 Å². The van der Waals surface area contributed by atoms with Gasteiger partial charge < -0.3 is 0 Å². The molecule has 1 aromatic rings. The smallest absolute Gasteiger partial charge is 0.243 e. The molecule has 84 valence electrons. The van der Waals surface area contributed by atoms with Gasteiger partial charge in [0.05, 0.1) is 4.92 Å². The van der Waals surface area contributed by atoms with Gasteiger partial charge in [0, 0.05) is 17.9 Å². The number of nitro groups is 1. The highest BCUT2D eigenvalue weighted by atomic mass is 32.1. The Bertz CT molecular complexity index is 455. The molecule has 1 aromatic heterocycles. The highest BCUT2D eigenvalue weighted by molar-refractivity contribution is 7.11. The van der Waals surface area contributed by atoms with Gasteiger partial charge in [0.25, 0.3) is 0 Å².